The minimum atomic E-state index is 0.0508. The van der Waals surface area contributed by atoms with E-state index in [1.54, 1.807) is 6.08 Å². The molecule has 148 valence electrons. The van der Waals surface area contributed by atoms with Gasteiger partial charge < -0.3 is 9.42 Å². The Morgan fingerprint density at radius 2 is 1.62 bits per heavy atom. The molecule has 4 rings (SSSR count). The van der Waals surface area contributed by atoms with E-state index in [0.29, 0.717) is 24.8 Å². The highest BCUT2D eigenvalue weighted by Crippen LogP contribution is 2.28. The maximum atomic E-state index is 12.5. The summed E-state index contributed by atoms with van der Waals surface area (Å²) in [6.07, 6.45) is 5.20. The molecule has 1 amide bonds. The highest BCUT2D eigenvalue weighted by molar-refractivity contribution is 5.91. The summed E-state index contributed by atoms with van der Waals surface area (Å²) in [4.78, 5) is 19.0. The molecular weight excluding hydrogens is 362 g/mol. The van der Waals surface area contributed by atoms with E-state index in [1.807, 2.05) is 59.5 Å². The van der Waals surface area contributed by atoms with Crippen LogP contribution in [0.2, 0.25) is 0 Å². The number of carbonyl (C=O) groups is 1. The number of rotatable bonds is 4. The number of likely N-dealkylation sites (tertiary alicyclic amines) is 1. The Morgan fingerprint density at radius 1 is 1.00 bits per heavy atom. The molecule has 0 aliphatic carbocycles. The lowest BCUT2D eigenvalue weighted by Crippen LogP contribution is -2.36. The Morgan fingerprint density at radius 3 is 2.28 bits per heavy atom. The van der Waals surface area contributed by atoms with Crippen LogP contribution in [0.4, 0.5) is 0 Å². The molecular formula is C24H25N3O2. The molecule has 1 aromatic heterocycles. The van der Waals surface area contributed by atoms with E-state index >= 15 is 0 Å². The maximum absolute atomic E-state index is 12.5. The van der Waals surface area contributed by atoms with Gasteiger partial charge in [0.15, 0.2) is 0 Å². The van der Waals surface area contributed by atoms with E-state index in [4.69, 9.17) is 4.52 Å². The molecule has 0 bridgehead atoms. The third-order valence-corrected chi connectivity index (χ3v) is 5.40. The molecule has 1 aliphatic rings. The summed E-state index contributed by atoms with van der Waals surface area (Å²) in [6, 6.07) is 16.2. The van der Waals surface area contributed by atoms with Crippen molar-refractivity contribution in [3.05, 3.63) is 77.2 Å². The minimum Gasteiger partial charge on any atom is -0.339 e. The third-order valence-electron chi connectivity index (χ3n) is 5.40. The second-order valence-corrected chi connectivity index (χ2v) is 7.67. The molecule has 29 heavy (non-hydrogen) atoms. The third kappa shape index (κ3) is 4.62. The summed E-state index contributed by atoms with van der Waals surface area (Å²) in [7, 11) is 0. The van der Waals surface area contributed by atoms with Gasteiger partial charge in [-0.25, -0.2) is 0 Å². The quantitative estimate of drug-likeness (QED) is 0.605. The number of aryl methyl sites for hydroxylation is 2. The van der Waals surface area contributed by atoms with Gasteiger partial charge in [0.25, 0.3) is 0 Å². The highest BCUT2D eigenvalue weighted by atomic mass is 16.5. The molecule has 0 saturated carbocycles. The second kappa shape index (κ2) is 8.43. The smallest absolute Gasteiger partial charge is 0.246 e. The lowest BCUT2D eigenvalue weighted by Gasteiger charge is -2.29. The van der Waals surface area contributed by atoms with Crippen LogP contribution in [0.3, 0.4) is 0 Å². The van der Waals surface area contributed by atoms with Crippen molar-refractivity contribution in [1.29, 1.82) is 0 Å². The van der Waals surface area contributed by atoms with Crippen LogP contribution < -0.4 is 0 Å². The Bertz CT molecular complexity index is 995. The summed E-state index contributed by atoms with van der Waals surface area (Å²) < 4.78 is 5.52. The molecule has 0 N–H and O–H groups in total. The van der Waals surface area contributed by atoms with Crippen molar-refractivity contribution < 1.29 is 9.32 Å². The topological polar surface area (TPSA) is 59.2 Å². The van der Waals surface area contributed by atoms with Gasteiger partial charge in [-0.15, -0.1) is 0 Å². The van der Waals surface area contributed by atoms with Crippen molar-refractivity contribution in [2.45, 2.75) is 32.6 Å². The van der Waals surface area contributed by atoms with E-state index in [0.717, 1.165) is 24.0 Å². The van der Waals surface area contributed by atoms with Crippen molar-refractivity contribution in [1.82, 2.24) is 15.0 Å². The van der Waals surface area contributed by atoms with E-state index in [2.05, 4.69) is 24.0 Å². The Labute approximate surface area is 171 Å². The number of hydrogen-bond donors (Lipinski definition) is 0. The molecule has 1 aliphatic heterocycles. The molecule has 3 aromatic rings. The van der Waals surface area contributed by atoms with Gasteiger partial charge in [-0.1, -0.05) is 64.8 Å². The number of aromatic nitrogens is 2. The first kappa shape index (κ1) is 19.1. The number of hydrogen-bond acceptors (Lipinski definition) is 4. The van der Waals surface area contributed by atoms with Gasteiger partial charge >= 0.3 is 0 Å². The van der Waals surface area contributed by atoms with Gasteiger partial charge in [-0.05, 0) is 38.3 Å². The Kier molecular flexibility index (Phi) is 5.56. The molecule has 0 atom stereocenters. The fraction of sp³-hybridized carbons (Fsp3) is 0.292. The minimum absolute atomic E-state index is 0.0508. The van der Waals surface area contributed by atoms with Gasteiger partial charge in [0, 0.05) is 30.6 Å². The molecule has 1 fully saturated rings. The van der Waals surface area contributed by atoms with Crippen LogP contribution in [0, 0.1) is 13.8 Å². The van der Waals surface area contributed by atoms with Crippen LogP contribution in [-0.2, 0) is 4.79 Å². The molecule has 5 heteroatoms. The normalized spacial score (nSPS) is 15.2. The standard InChI is InChI=1S/C24H25N3O2/c1-17-3-7-19(8-4-17)9-12-22(28)27-15-13-21(14-16-27)24-25-23(26-29-24)20-10-5-18(2)6-11-20/h3-12,21H,13-16H2,1-2H3/b12-9+. The van der Waals surface area contributed by atoms with Crippen molar-refractivity contribution in [3.63, 3.8) is 0 Å². The first-order chi connectivity index (χ1) is 14.1. The summed E-state index contributed by atoms with van der Waals surface area (Å²) >= 11 is 0. The molecule has 2 heterocycles. The molecule has 0 spiro atoms. The molecule has 0 unspecified atom stereocenters. The number of nitrogens with zero attached hydrogens (tertiary/aromatic N) is 3. The van der Waals surface area contributed by atoms with Gasteiger partial charge in [0.2, 0.25) is 17.6 Å². The average Bonchev–Trinajstić information content (AvgIpc) is 3.24. The zero-order chi connectivity index (χ0) is 20.2. The molecule has 0 radical (unpaired) electrons. The monoisotopic (exact) mass is 387 g/mol. The van der Waals surface area contributed by atoms with Crippen LogP contribution in [-0.4, -0.2) is 34.0 Å². The van der Waals surface area contributed by atoms with Gasteiger partial charge in [0.05, 0.1) is 0 Å². The first-order valence-corrected chi connectivity index (χ1v) is 10.0. The van der Waals surface area contributed by atoms with Crippen LogP contribution in [0.25, 0.3) is 17.5 Å². The van der Waals surface area contributed by atoms with Crippen molar-refractivity contribution in [2.24, 2.45) is 0 Å². The van der Waals surface area contributed by atoms with Crippen LogP contribution >= 0.6 is 0 Å². The lowest BCUT2D eigenvalue weighted by atomic mass is 9.96. The summed E-state index contributed by atoms with van der Waals surface area (Å²) in [5.41, 5.74) is 4.40. The SMILES string of the molecule is Cc1ccc(/C=C/C(=O)N2CCC(c3nc(-c4ccc(C)cc4)no3)CC2)cc1. The second-order valence-electron chi connectivity index (χ2n) is 7.67. The molecule has 1 saturated heterocycles. The fourth-order valence-electron chi connectivity index (χ4n) is 3.52. The maximum Gasteiger partial charge on any atom is 0.246 e. The molecule has 2 aromatic carbocycles. The van der Waals surface area contributed by atoms with Crippen LogP contribution in [0.5, 0.6) is 0 Å². The number of amides is 1. The van der Waals surface area contributed by atoms with Crippen molar-refractivity contribution >= 4 is 12.0 Å². The summed E-state index contributed by atoms with van der Waals surface area (Å²) in [6.45, 7) is 5.50. The van der Waals surface area contributed by atoms with E-state index in [-0.39, 0.29) is 11.8 Å². The summed E-state index contributed by atoms with van der Waals surface area (Å²) in [5, 5.41) is 4.14. The van der Waals surface area contributed by atoms with Crippen molar-refractivity contribution in [3.8, 4) is 11.4 Å². The van der Waals surface area contributed by atoms with Gasteiger partial charge in [-0.3, -0.25) is 4.79 Å². The molecule has 5 nitrogen and oxygen atoms in total. The van der Waals surface area contributed by atoms with Crippen molar-refractivity contribution in [2.75, 3.05) is 13.1 Å². The summed E-state index contributed by atoms with van der Waals surface area (Å²) in [5.74, 6) is 1.55. The zero-order valence-corrected chi connectivity index (χ0v) is 16.8. The number of piperidine rings is 1. The fourth-order valence-corrected chi connectivity index (χ4v) is 3.52. The van der Waals surface area contributed by atoms with Gasteiger partial charge in [0.1, 0.15) is 0 Å². The highest BCUT2D eigenvalue weighted by Gasteiger charge is 2.27. The Balaban J connectivity index is 1.34. The van der Waals surface area contributed by atoms with E-state index < -0.39 is 0 Å². The van der Waals surface area contributed by atoms with Crippen LogP contribution in [0.1, 0.15) is 41.3 Å². The first-order valence-electron chi connectivity index (χ1n) is 10.0. The average molecular weight is 387 g/mol. The largest absolute Gasteiger partial charge is 0.339 e. The van der Waals surface area contributed by atoms with Crippen LogP contribution in [0.15, 0.2) is 59.1 Å². The Hall–Kier alpha value is -3.21. The van der Waals surface area contributed by atoms with E-state index in [9.17, 15) is 4.79 Å². The van der Waals surface area contributed by atoms with E-state index in [1.165, 1.54) is 11.1 Å². The predicted octanol–water partition coefficient (Wildman–Crippen LogP) is 4.77. The predicted molar refractivity (Wildman–Crippen MR) is 113 cm³/mol. The zero-order valence-electron chi connectivity index (χ0n) is 16.8. The van der Waals surface area contributed by atoms with Gasteiger partial charge in [-0.2, -0.15) is 4.98 Å². The number of benzene rings is 2. The number of carbonyl (C=O) groups excluding carboxylic acids is 1. The lowest BCUT2D eigenvalue weighted by molar-refractivity contribution is -0.127.